The van der Waals surface area contributed by atoms with Crippen LogP contribution in [0.25, 0.3) is 5.76 Å². The van der Waals surface area contributed by atoms with Gasteiger partial charge in [-0.15, -0.1) is 0 Å². The smallest absolute Gasteiger partial charge is 0.115 e. The number of benzene rings is 6. The Morgan fingerprint density at radius 1 is 0.500 bits per heavy atom. The minimum Gasteiger partial charge on any atom is -0.508 e. The molecule has 4 heteroatoms. The van der Waals surface area contributed by atoms with Gasteiger partial charge in [-0.05, 0) is 56.3 Å². The van der Waals surface area contributed by atoms with Gasteiger partial charge in [-0.3, -0.25) is 0 Å². The van der Waals surface area contributed by atoms with Crippen LogP contribution in [0.5, 0.6) is 0 Å². The van der Waals surface area contributed by atoms with Crippen molar-refractivity contribution in [2.24, 2.45) is 0 Å². The van der Waals surface area contributed by atoms with Crippen LogP contribution in [0, 0.1) is 19.9 Å². The van der Waals surface area contributed by atoms with Gasteiger partial charge in [-0.2, -0.15) is 35.9 Å². The zero-order valence-electron chi connectivity index (χ0n) is 28.4. The van der Waals surface area contributed by atoms with Crippen LogP contribution in [0.2, 0.25) is 0 Å². The number of hydrogen-bond donors (Lipinski definition) is 1. The van der Waals surface area contributed by atoms with Crippen LogP contribution < -0.4 is 21.2 Å². The molecule has 0 aliphatic carbocycles. The molecule has 0 saturated carbocycles. The molecule has 48 heavy (non-hydrogen) atoms. The van der Waals surface area contributed by atoms with Crippen LogP contribution in [0.3, 0.4) is 0 Å². The molecule has 1 N–H and O–H groups in total. The molecule has 0 spiro atoms. The van der Waals surface area contributed by atoms with Crippen LogP contribution in [-0.4, -0.2) is 17.4 Å². The fourth-order valence-corrected chi connectivity index (χ4v) is 8.86. The summed E-state index contributed by atoms with van der Waals surface area (Å²) in [5, 5.41) is 14.8. The molecule has 0 unspecified atom stereocenters. The summed E-state index contributed by atoms with van der Waals surface area (Å²) in [6.45, 7) is 12.0. The molecule has 0 atom stereocenters. The van der Waals surface area contributed by atoms with Gasteiger partial charge in [0, 0.05) is 26.0 Å². The van der Waals surface area contributed by atoms with Gasteiger partial charge in [0.05, 0.1) is 0 Å². The van der Waals surface area contributed by atoms with E-state index in [-0.39, 0.29) is 42.0 Å². The Kier molecular flexibility index (Phi) is 20.0. The first kappa shape index (κ1) is 40.6. The second-order valence-corrected chi connectivity index (χ2v) is 15.8. The fourth-order valence-electron chi connectivity index (χ4n) is 4.68. The van der Waals surface area contributed by atoms with E-state index in [2.05, 4.69) is 155 Å². The van der Waals surface area contributed by atoms with Crippen molar-refractivity contribution in [2.45, 2.75) is 27.7 Å². The van der Waals surface area contributed by atoms with E-state index in [0.717, 1.165) is 5.56 Å². The van der Waals surface area contributed by atoms with Crippen LogP contribution in [0.1, 0.15) is 30.5 Å². The van der Waals surface area contributed by atoms with Gasteiger partial charge < -0.3 is 5.11 Å². The van der Waals surface area contributed by atoms with E-state index in [9.17, 15) is 0 Å². The standard InChI is InChI=1S/2C14H15P.C9H10O.C7H7.Pd/c2*1-2-15(13-9-5-3-6-10-13)14-11-7-4-8-12-14;1-7-3-5-9(6-4-7)8(2)10;1-7-5-3-2-4-6-7;/h2*3-12H,2H2,1H3;3-6,10H,2H2,1H3;3-6H,1H3;/q;;;-1;. The van der Waals surface area contributed by atoms with Gasteiger partial charge in [0.2, 0.25) is 0 Å². The Labute approximate surface area is 306 Å². The Morgan fingerprint density at radius 3 is 1.02 bits per heavy atom. The molecule has 250 valence electrons. The summed E-state index contributed by atoms with van der Waals surface area (Å²) in [4.78, 5) is 0. The van der Waals surface area contributed by atoms with Gasteiger partial charge in [0.15, 0.2) is 0 Å². The van der Waals surface area contributed by atoms with Crippen LogP contribution in [0.15, 0.2) is 176 Å². The predicted octanol–water partition coefficient (Wildman–Crippen LogP) is 10.6. The van der Waals surface area contributed by atoms with Crippen LogP contribution in [-0.2, 0) is 20.4 Å². The van der Waals surface area contributed by atoms with Crippen molar-refractivity contribution in [1.29, 1.82) is 0 Å². The molecular weight excluding hydrogens is 713 g/mol. The second kappa shape index (κ2) is 23.7. The maximum absolute atomic E-state index is 8.92. The van der Waals surface area contributed by atoms with Crippen molar-refractivity contribution in [3.8, 4) is 0 Å². The van der Waals surface area contributed by atoms with Crippen LogP contribution in [0.4, 0.5) is 0 Å². The van der Waals surface area contributed by atoms with Crippen molar-refractivity contribution in [3.05, 3.63) is 199 Å². The van der Waals surface area contributed by atoms with Gasteiger partial charge in [-0.1, -0.05) is 179 Å². The number of rotatable bonds is 7. The molecule has 6 rings (SSSR count). The third kappa shape index (κ3) is 14.7. The quantitative estimate of drug-likeness (QED) is 0.0744. The van der Waals surface area contributed by atoms with Crippen molar-refractivity contribution in [2.75, 3.05) is 12.3 Å². The predicted molar refractivity (Wildman–Crippen MR) is 212 cm³/mol. The summed E-state index contributed by atoms with van der Waals surface area (Å²) in [5.41, 5.74) is 3.26. The summed E-state index contributed by atoms with van der Waals surface area (Å²) >= 11 is 0. The van der Waals surface area contributed by atoms with E-state index in [1.54, 1.807) is 0 Å². The molecule has 0 aliphatic heterocycles. The average Bonchev–Trinajstić information content (AvgIpc) is 3.12. The minimum absolute atomic E-state index is 0. The molecule has 0 heterocycles. The third-order valence-corrected chi connectivity index (χ3v) is 12.1. The normalized spacial score (nSPS) is 9.79. The zero-order chi connectivity index (χ0) is 33.7. The van der Waals surface area contributed by atoms with E-state index in [0.29, 0.717) is 0 Å². The number of aliphatic hydroxyl groups is 1. The molecule has 0 aliphatic rings. The summed E-state index contributed by atoms with van der Waals surface area (Å²) in [6, 6.07) is 61.6. The Hall–Kier alpha value is -3.62. The van der Waals surface area contributed by atoms with Gasteiger partial charge in [0.1, 0.15) is 5.76 Å². The van der Waals surface area contributed by atoms with Crippen molar-refractivity contribution < 1.29 is 25.5 Å². The molecule has 0 bridgehead atoms. The first-order valence-electron chi connectivity index (χ1n) is 16.1. The maximum atomic E-state index is 8.92. The number of aryl methyl sites for hydroxylation is 2. The average molecular weight is 760 g/mol. The molecule has 6 aromatic carbocycles. The van der Waals surface area contributed by atoms with Crippen molar-refractivity contribution in [1.82, 2.24) is 0 Å². The largest absolute Gasteiger partial charge is 0.508 e. The third-order valence-electron chi connectivity index (χ3n) is 7.17. The SMILES string of the molecule is C=C(O)c1ccc(C)cc1.CCP(c1ccccc1)c1ccccc1.CCP(c1ccccc1)c1ccccc1.Cc1cc[c-]cc1.[Pd]. The molecule has 0 radical (unpaired) electrons. The van der Waals surface area contributed by atoms with E-state index < -0.39 is 0 Å². The molecule has 0 fully saturated rings. The maximum Gasteiger partial charge on any atom is 0.115 e. The zero-order valence-corrected chi connectivity index (χ0v) is 31.8. The monoisotopic (exact) mass is 759 g/mol. The topological polar surface area (TPSA) is 20.2 Å². The minimum atomic E-state index is -0.149. The van der Waals surface area contributed by atoms with Crippen LogP contribution >= 0.6 is 15.8 Å². The molecule has 0 saturated heterocycles. The molecule has 1 nitrogen and oxygen atoms in total. The summed E-state index contributed by atoms with van der Waals surface area (Å²) in [5.74, 6) is 0.125. The molecule has 0 amide bonds. The number of aliphatic hydroxyl groups excluding tert-OH is 1. The van der Waals surface area contributed by atoms with E-state index in [1.807, 2.05) is 55.5 Å². The van der Waals surface area contributed by atoms with Gasteiger partial charge >= 0.3 is 0 Å². The second-order valence-electron chi connectivity index (χ2n) is 10.7. The van der Waals surface area contributed by atoms with E-state index in [4.69, 9.17) is 5.11 Å². The number of hydrogen-bond acceptors (Lipinski definition) is 1. The van der Waals surface area contributed by atoms with E-state index >= 15 is 0 Å². The van der Waals surface area contributed by atoms with Crippen molar-refractivity contribution in [3.63, 3.8) is 0 Å². The first-order chi connectivity index (χ1) is 22.9. The Balaban J connectivity index is 0.000000229. The molecule has 0 aromatic heterocycles. The summed E-state index contributed by atoms with van der Waals surface area (Å²) in [6.07, 6.45) is 2.42. The van der Waals surface area contributed by atoms with E-state index in [1.165, 1.54) is 44.7 Å². The van der Waals surface area contributed by atoms with Crippen molar-refractivity contribution >= 4 is 42.8 Å². The molecular formula is C44H47OP2Pd-. The fraction of sp³-hybridized carbons (Fsp3) is 0.136. The summed E-state index contributed by atoms with van der Waals surface area (Å²) in [7, 11) is -0.297. The first-order valence-corrected chi connectivity index (χ1v) is 19.1. The Bertz CT molecular complexity index is 1500. The molecule has 6 aromatic rings. The van der Waals surface area contributed by atoms with Gasteiger partial charge in [0.25, 0.3) is 0 Å². The Morgan fingerprint density at radius 2 is 0.792 bits per heavy atom. The summed E-state index contributed by atoms with van der Waals surface area (Å²) < 4.78 is 0. The van der Waals surface area contributed by atoms with Gasteiger partial charge in [-0.25, -0.2) is 0 Å².